The highest BCUT2D eigenvalue weighted by Gasteiger charge is 2.40. The lowest BCUT2D eigenvalue weighted by Crippen LogP contribution is -2.57. The van der Waals surface area contributed by atoms with Gasteiger partial charge in [0.25, 0.3) is 0 Å². The standard InChI is InChI=1S/C17H26BrN3O3S.HI/c1-4-19-16(21-9-11-25(22,23)17(2,3)13-21)20-8-10-24-15-7-5-6-14(18)12-15;/h5-7,12H,4,8-11,13H2,1-3H3,(H,19,20);1H. The number of halogens is 2. The summed E-state index contributed by atoms with van der Waals surface area (Å²) in [6.07, 6.45) is 0. The Morgan fingerprint density at radius 2 is 2.15 bits per heavy atom. The van der Waals surface area contributed by atoms with Crippen LogP contribution in [0.4, 0.5) is 0 Å². The van der Waals surface area contributed by atoms with Crippen molar-refractivity contribution in [3.8, 4) is 5.75 Å². The van der Waals surface area contributed by atoms with Crippen LogP contribution in [0.15, 0.2) is 33.7 Å². The van der Waals surface area contributed by atoms with E-state index in [2.05, 4.69) is 26.2 Å². The van der Waals surface area contributed by atoms with E-state index < -0.39 is 14.6 Å². The Balaban J connectivity index is 0.00000338. The molecular formula is C17H27BrIN3O3S. The van der Waals surface area contributed by atoms with Crippen LogP contribution in [0, 0.1) is 0 Å². The van der Waals surface area contributed by atoms with Gasteiger partial charge in [0.2, 0.25) is 0 Å². The maximum Gasteiger partial charge on any atom is 0.194 e. The molecule has 0 aromatic heterocycles. The zero-order valence-electron chi connectivity index (χ0n) is 15.4. The molecule has 148 valence electrons. The fourth-order valence-electron chi connectivity index (χ4n) is 2.62. The van der Waals surface area contributed by atoms with Crippen LogP contribution in [0.3, 0.4) is 0 Å². The number of benzene rings is 1. The average Bonchev–Trinajstić information content (AvgIpc) is 2.53. The molecule has 1 saturated heterocycles. The van der Waals surface area contributed by atoms with E-state index in [1.807, 2.05) is 36.1 Å². The molecule has 1 fully saturated rings. The number of nitrogens with zero attached hydrogens (tertiary/aromatic N) is 2. The van der Waals surface area contributed by atoms with Crippen molar-refractivity contribution in [2.24, 2.45) is 4.99 Å². The van der Waals surface area contributed by atoms with E-state index in [1.54, 1.807) is 13.8 Å². The van der Waals surface area contributed by atoms with Gasteiger partial charge in [0.05, 0.1) is 17.0 Å². The smallest absolute Gasteiger partial charge is 0.194 e. The van der Waals surface area contributed by atoms with Gasteiger partial charge < -0.3 is 15.0 Å². The van der Waals surface area contributed by atoms with Gasteiger partial charge >= 0.3 is 0 Å². The first-order valence-electron chi connectivity index (χ1n) is 8.39. The van der Waals surface area contributed by atoms with Gasteiger partial charge in [-0.3, -0.25) is 0 Å². The molecule has 1 aliphatic rings. The molecule has 1 heterocycles. The van der Waals surface area contributed by atoms with Gasteiger partial charge in [-0.1, -0.05) is 22.0 Å². The number of sulfone groups is 1. The Morgan fingerprint density at radius 3 is 2.77 bits per heavy atom. The largest absolute Gasteiger partial charge is 0.492 e. The fraction of sp³-hybridized carbons (Fsp3) is 0.588. The molecule has 1 aromatic carbocycles. The normalized spacial score (nSPS) is 18.8. The predicted octanol–water partition coefficient (Wildman–Crippen LogP) is 2.92. The summed E-state index contributed by atoms with van der Waals surface area (Å²) in [5, 5.41) is 3.24. The maximum atomic E-state index is 12.2. The van der Waals surface area contributed by atoms with E-state index in [0.29, 0.717) is 26.2 Å². The van der Waals surface area contributed by atoms with Gasteiger partial charge in [-0.25, -0.2) is 13.4 Å². The van der Waals surface area contributed by atoms with E-state index in [9.17, 15) is 8.42 Å². The minimum absolute atomic E-state index is 0. The van der Waals surface area contributed by atoms with Crippen LogP contribution in [0.2, 0.25) is 0 Å². The van der Waals surface area contributed by atoms with E-state index in [-0.39, 0.29) is 29.7 Å². The van der Waals surface area contributed by atoms with Crippen molar-refractivity contribution < 1.29 is 13.2 Å². The molecule has 26 heavy (non-hydrogen) atoms. The third kappa shape index (κ3) is 6.26. The second kappa shape index (κ2) is 10.1. The van der Waals surface area contributed by atoms with E-state index >= 15 is 0 Å². The third-order valence-electron chi connectivity index (χ3n) is 4.10. The number of ether oxygens (including phenoxy) is 1. The van der Waals surface area contributed by atoms with Crippen LogP contribution in [-0.2, 0) is 9.84 Å². The number of nitrogens with one attached hydrogen (secondary N) is 1. The number of hydrogen-bond donors (Lipinski definition) is 1. The minimum Gasteiger partial charge on any atom is -0.492 e. The van der Waals surface area contributed by atoms with Crippen molar-refractivity contribution in [1.29, 1.82) is 0 Å². The molecule has 0 unspecified atom stereocenters. The summed E-state index contributed by atoms with van der Waals surface area (Å²) in [7, 11) is -3.06. The zero-order valence-corrected chi connectivity index (χ0v) is 20.1. The molecule has 6 nitrogen and oxygen atoms in total. The minimum atomic E-state index is -3.06. The molecule has 1 N–H and O–H groups in total. The Kier molecular flexibility index (Phi) is 9.14. The number of hydrogen-bond acceptors (Lipinski definition) is 4. The van der Waals surface area contributed by atoms with Crippen molar-refractivity contribution in [3.63, 3.8) is 0 Å². The maximum absolute atomic E-state index is 12.2. The van der Waals surface area contributed by atoms with Gasteiger partial charge in [0.1, 0.15) is 12.4 Å². The fourth-order valence-corrected chi connectivity index (χ4v) is 4.37. The van der Waals surface area contributed by atoms with Crippen molar-refractivity contribution >= 4 is 55.7 Å². The highest BCUT2D eigenvalue weighted by atomic mass is 127. The topological polar surface area (TPSA) is 71.0 Å². The van der Waals surface area contributed by atoms with Crippen molar-refractivity contribution in [2.75, 3.05) is 38.5 Å². The Labute approximate surface area is 181 Å². The molecule has 0 spiro atoms. The van der Waals surface area contributed by atoms with Crippen LogP contribution < -0.4 is 10.1 Å². The molecule has 0 amide bonds. The molecule has 0 atom stereocenters. The monoisotopic (exact) mass is 559 g/mol. The summed E-state index contributed by atoms with van der Waals surface area (Å²) < 4.78 is 30.2. The van der Waals surface area contributed by atoms with Gasteiger partial charge in [-0.05, 0) is 39.0 Å². The van der Waals surface area contributed by atoms with Gasteiger partial charge in [-0.2, -0.15) is 0 Å². The summed E-state index contributed by atoms with van der Waals surface area (Å²) in [6, 6.07) is 7.67. The van der Waals surface area contributed by atoms with E-state index in [4.69, 9.17) is 4.74 Å². The first-order valence-corrected chi connectivity index (χ1v) is 10.8. The van der Waals surface area contributed by atoms with Crippen molar-refractivity contribution in [1.82, 2.24) is 10.2 Å². The average molecular weight is 560 g/mol. The van der Waals surface area contributed by atoms with Crippen LogP contribution in [0.5, 0.6) is 5.75 Å². The quantitative estimate of drug-likeness (QED) is 0.260. The van der Waals surface area contributed by atoms with Crippen LogP contribution in [0.1, 0.15) is 20.8 Å². The third-order valence-corrected chi connectivity index (χ3v) is 7.12. The second-order valence-electron chi connectivity index (χ2n) is 6.54. The van der Waals surface area contributed by atoms with Crippen LogP contribution >= 0.6 is 39.9 Å². The Bertz CT molecular complexity index is 726. The Hall–Kier alpha value is -0.550. The van der Waals surface area contributed by atoms with Crippen LogP contribution in [-0.4, -0.2) is 62.6 Å². The first-order chi connectivity index (χ1) is 11.7. The highest BCUT2D eigenvalue weighted by molar-refractivity contribution is 14.0. The lowest BCUT2D eigenvalue weighted by atomic mass is 10.2. The van der Waals surface area contributed by atoms with E-state index in [0.717, 1.165) is 22.7 Å². The molecule has 0 aliphatic carbocycles. The SMILES string of the molecule is CCNC(=NCCOc1cccc(Br)c1)N1CCS(=O)(=O)C(C)(C)C1.I. The molecule has 0 bridgehead atoms. The lowest BCUT2D eigenvalue weighted by Gasteiger charge is -2.39. The Morgan fingerprint density at radius 1 is 1.42 bits per heavy atom. The van der Waals surface area contributed by atoms with Crippen LogP contribution in [0.25, 0.3) is 0 Å². The second-order valence-corrected chi connectivity index (χ2v) is 10.2. The van der Waals surface area contributed by atoms with Gasteiger partial charge in [0.15, 0.2) is 15.8 Å². The summed E-state index contributed by atoms with van der Waals surface area (Å²) in [4.78, 5) is 6.61. The summed E-state index contributed by atoms with van der Waals surface area (Å²) in [5.41, 5.74) is 0. The van der Waals surface area contributed by atoms with E-state index in [1.165, 1.54) is 0 Å². The first kappa shape index (κ1) is 23.5. The molecule has 0 radical (unpaired) electrons. The lowest BCUT2D eigenvalue weighted by molar-refractivity contribution is 0.323. The number of guanidine groups is 1. The summed E-state index contributed by atoms with van der Waals surface area (Å²) in [5.74, 6) is 1.68. The molecule has 1 aromatic rings. The van der Waals surface area contributed by atoms with Crippen molar-refractivity contribution in [2.45, 2.75) is 25.5 Å². The highest BCUT2D eigenvalue weighted by Crippen LogP contribution is 2.23. The molecule has 0 saturated carbocycles. The predicted molar refractivity (Wildman–Crippen MR) is 120 cm³/mol. The molecule has 2 rings (SSSR count). The van der Waals surface area contributed by atoms with Crippen molar-refractivity contribution in [3.05, 3.63) is 28.7 Å². The summed E-state index contributed by atoms with van der Waals surface area (Å²) in [6.45, 7) is 8.13. The molecular weight excluding hydrogens is 533 g/mol. The number of rotatable bonds is 5. The number of aliphatic imine (C=N–C) groups is 1. The zero-order chi connectivity index (χ0) is 18.5. The summed E-state index contributed by atoms with van der Waals surface area (Å²) >= 11 is 3.41. The van der Waals surface area contributed by atoms with Gasteiger partial charge in [-0.15, -0.1) is 24.0 Å². The molecule has 9 heteroatoms. The molecule has 1 aliphatic heterocycles. The van der Waals surface area contributed by atoms with Gasteiger partial charge in [0, 0.05) is 24.1 Å².